The van der Waals surface area contributed by atoms with Gasteiger partial charge in [-0.15, -0.1) is 11.3 Å². The van der Waals surface area contributed by atoms with Gasteiger partial charge in [-0.25, -0.2) is 9.98 Å². The summed E-state index contributed by atoms with van der Waals surface area (Å²) < 4.78 is 0. The number of fused-ring (bicyclic) bond motifs is 2. The Morgan fingerprint density at radius 2 is 1.91 bits per heavy atom. The number of aliphatic hydroxyl groups is 1. The van der Waals surface area contributed by atoms with Crippen molar-refractivity contribution in [2.24, 2.45) is 4.99 Å². The van der Waals surface area contributed by atoms with Crippen LogP contribution in [0.2, 0.25) is 0 Å². The van der Waals surface area contributed by atoms with Crippen LogP contribution in [0.1, 0.15) is 48.6 Å². The molecule has 32 heavy (non-hydrogen) atoms. The maximum Gasteiger partial charge on any atom is 0.158 e. The molecule has 1 aromatic heterocycles. The van der Waals surface area contributed by atoms with Gasteiger partial charge in [0.1, 0.15) is 10.7 Å². The SMILES string of the molecule is CC(C)c1nc2c(s1)Nc1ccccc1N=C2N1CCNC(C[C@@H](O)c2ccccc2)C1. The van der Waals surface area contributed by atoms with Gasteiger partial charge in [0, 0.05) is 31.6 Å². The summed E-state index contributed by atoms with van der Waals surface area (Å²) in [6.45, 7) is 6.83. The number of anilines is 2. The highest BCUT2D eigenvalue weighted by Crippen LogP contribution is 2.39. The van der Waals surface area contributed by atoms with Gasteiger partial charge < -0.3 is 20.6 Å². The highest BCUT2D eigenvalue weighted by Gasteiger charge is 2.30. The first kappa shape index (κ1) is 21.1. The van der Waals surface area contributed by atoms with E-state index in [0.29, 0.717) is 12.3 Å². The van der Waals surface area contributed by atoms with E-state index in [4.69, 9.17) is 9.98 Å². The number of nitrogens with zero attached hydrogens (tertiary/aromatic N) is 3. The van der Waals surface area contributed by atoms with Crippen LogP contribution in [0.5, 0.6) is 0 Å². The Morgan fingerprint density at radius 1 is 1.12 bits per heavy atom. The summed E-state index contributed by atoms with van der Waals surface area (Å²) in [4.78, 5) is 12.4. The van der Waals surface area contributed by atoms with Crippen LogP contribution < -0.4 is 10.6 Å². The molecule has 2 aliphatic rings. The fraction of sp³-hybridized carbons (Fsp3) is 0.360. The zero-order valence-corrected chi connectivity index (χ0v) is 19.3. The molecule has 0 aliphatic carbocycles. The molecule has 3 N–H and O–H groups in total. The molecule has 5 rings (SSSR count). The molecule has 0 saturated carbocycles. The Labute approximate surface area is 193 Å². The van der Waals surface area contributed by atoms with Crippen molar-refractivity contribution in [2.45, 2.75) is 38.3 Å². The molecule has 3 heterocycles. The van der Waals surface area contributed by atoms with Crippen molar-refractivity contribution in [3.8, 4) is 0 Å². The van der Waals surface area contributed by atoms with Crippen LogP contribution in [0.15, 0.2) is 59.6 Å². The molecule has 0 bridgehead atoms. The Bertz CT molecular complexity index is 1110. The number of benzene rings is 2. The van der Waals surface area contributed by atoms with E-state index in [-0.39, 0.29) is 6.04 Å². The van der Waals surface area contributed by atoms with E-state index in [1.807, 2.05) is 48.5 Å². The van der Waals surface area contributed by atoms with Crippen LogP contribution in [-0.2, 0) is 0 Å². The number of aliphatic imine (C=N–C) groups is 1. The minimum Gasteiger partial charge on any atom is -0.388 e. The number of aliphatic hydroxyl groups excluding tert-OH is 1. The fourth-order valence-electron chi connectivity index (χ4n) is 4.26. The third kappa shape index (κ3) is 4.28. The lowest BCUT2D eigenvalue weighted by Crippen LogP contribution is -2.53. The third-order valence-corrected chi connectivity index (χ3v) is 7.25. The van der Waals surface area contributed by atoms with E-state index >= 15 is 0 Å². The Morgan fingerprint density at radius 3 is 2.72 bits per heavy atom. The minimum atomic E-state index is -0.491. The molecular weight excluding hydrogens is 418 g/mol. The minimum absolute atomic E-state index is 0.166. The molecule has 7 heteroatoms. The van der Waals surface area contributed by atoms with Crippen molar-refractivity contribution in [1.29, 1.82) is 0 Å². The number of piperazine rings is 1. The molecule has 0 radical (unpaired) electrons. The number of hydrogen-bond acceptors (Lipinski definition) is 7. The second-order valence-electron chi connectivity index (χ2n) is 8.72. The molecule has 1 unspecified atom stereocenters. The summed E-state index contributed by atoms with van der Waals surface area (Å²) in [6.07, 6.45) is 0.165. The van der Waals surface area contributed by atoms with Crippen molar-refractivity contribution < 1.29 is 5.11 Å². The van der Waals surface area contributed by atoms with Gasteiger partial charge in [0.15, 0.2) is 5.84 Å². The van der Waals surface area contributed by atoms with Crippen molar-refractivity contribution in [2.75, 3.05) is 25.0 Å². The van der Waals surface area contributed by atoms with Gasteiger partial charge in [0.2, 0.25) is 0 Å². The molecule has 166 valence electrons. The first-order valence-electron chi connectivity index (χ1n) is 11.3. The highest BCUT2D eigenvalue weighted by molar-refractivity contribution is 7.16. The Balaban J connectivity index is 1.44. The van der Waals surface area contributed by atoms with Gasteiger partial charge in [-0.3, -0.25) is 0 Å². The van der Waals surface area contributed by atoms with E-state index in [1.165, 1.54) is 0 Å². The number of rotatable bonds is 4. The fourth-order valence-corrected chi connectivity index (χ4v) is 5.24. The third-order valence-electron chi connectivity index (χ3n) is 5.98. The average Bonchev–Trinajstić information content (AvgIpc) is 3.16. The first-order chi connectivity index (χ1) is 15.6. The largest absolute Gasteiger partial charge is 0.388 e. The maximum atomic E-state index is 10.8. The number of para-hydroxylation sites is 2. The number of thiazole rings is 1. The summed E-state index contributed by atoms with van der Waals surface area (Å²) in [5.41, 5.74) is 3.82. The molecule has 2 aliphatic heterocycles. The van der Waals surface area contributed by atoms with Crippen LogP contribution in [0.3, 0.4) is 0 Å². The van der Waals surface area contributed by atoms with Gasteiger partial charge >= 0.3 is 0 Å². The molecule has 3 aromatic rings. The molecule has 1 saturated heterocycles. The first-order valence-corrected chi connectivity index (χ1v) is 12.1. The number of amidine groups is 1. The molecular formula is C25H29N5OS. The normalized spacial score (nSPS) is 18.9. The number of nitrogens with one attached hydrogen (secondary N) is 2. The van der Waals surface area contributed by atoms with E-state index < -0.39 is 6.10 Å². The second kappa shape index (κ2) is 9.02. The smallest absolute Gasteiger partial charge is 0.158 e. The monoisotopic (exact) mass is 447 g/mol. The van der Waals surface area contributed by atoms with Gasteiger partial charge in [-0.2, -0.15) is 0 Å². The van der Waals surface area contributed by atoms with Crippen LogP contribution in [0, 0.1) is 0 Å². The maximum absolute atomic E-state index is 10.8. The van der Waals surface area contributed by atoms with Crippen LogP contribution in [0.4, 0.5) is 16.4 Å². The average molecular weight is 448 g/mol. The van der Waals surface area contributed by atoms with Crippen molar-refractivity contribution in [1.82, 2.24) is 15.2 Å². The van der Waals surface area contributed by atoms with E-state index in [2.05, 4.69) is 35.4 Å². The van der Waals surface area contributed by atoms with Crippen LogP contribution in [-0.4, -0.2) is 46.5 Å². The highest BCUT2D eigenvalue weighted by atomic mass is 32.1. The molecule has 6 nitrogen and oxygen atoms in total. The van der Waals surface area contributed by atoms with E-state index in [0.717, 1.165) is 58.1 Å². The zero-order valence-electron chi connectivity index (χ0n) is 18.5. The molecule has 0 spiro atoms. The lowest BCUT2D eigenvalue weighted by atomic mass is 10.0. The molecule has 1 fully saturated rings. The Hall–Kier alpha value is -2.74. The van der Waals surface area contributed by atoms with Gasteiger partial charge in [0.25, 0.3) is 0 Å². The van der Waals surface area contributed by atoms with Gasteiger partial charge in [-0.1, -0.05) is 56.3 Å². The predicted octanol–water partition coefficient (Wildman–Crippen LogP) is 4.80. The summed E-state index contributed by atoms with van der Waals surface area (Å²) in [6, 6.07) is 18.2. The predicted molar refractivity (Wildman–Crippen MR) is 132 cm³/mol. The Kier molecular flexibility index (Phi) is 5.95. The molecule has 2 atom stereocenters. The summed E-state index contributed by atoms with van der Waals surface area (Å²) in [5, 5.41) is 20.1. The van der Waals surface area contributed by atoms with Gasteiger partial charge in [0.05, 0.1) is 22.5 Å². The van der Waals surface area contributed by atoms with Crippen LogP contribution in [0.25, 0.3) is 0 Å². The number of hydrogen-bond donors (Lipinski definition) is 3. The van der Waals surface area contributed by atoms with E-state index in [1.54, 1.807) is 11.3 Å². The summed E-state index contributed by atoms with van der Waals surface area (Å²) in [5.74, 6) is 1.28. The van der Waals surface area contributed by atoms with Crippen molar-refractivity contribution in [3.05, 3.63) is 70.9 Å². The lowest BCUT2D eigenvalue weighted by Gasteiger charge is -2.36. The van der Waals surface area contributed by atoms with E-state index in [9.17, 15) is 5.11 Å². The van der Waals surface area contributed by atoms with Gasteiger partial charge in [-0.05, 0) is 24.1 Å². The molecule has 0 amide bonds. The quantitative estimate of drug-likeness (QED) is 0.536. The lowest BCUT2D eigenvalue weighted by molar-refractivity contribution is 0.136. The topological polar surface area (TPSA) is 72.8 Å². The number of aromatic nitrogens is 1. The summed E-state index contributed by atoms with van der Waals surface area (Å²) in [7, 11) is 0. The van der Waals surface area contributed by atoms with Crippen molar-refractivity contribution in [3.63, 3.8) is 0 Å². The van der Waals surface area contributed by atoms with Crippen LogP contribution >= 0.6 is 11.3 Å². The summed E-state index contributed by atoms with van der Waals surface area (Å²) >= 11 is 1.71. The molecule has 2 aromatic carbocycles. The standard InChI is InChI=1S/C25H29N5OS/c1-16(2)24-29-22-23(27-19-10-6-7-11-20(19)28-25(22)32-24)30-13-12-26-18(15-30)14-21(31)17-8-4-3-5-9-17/h3-11,16,18,21,26,28,31H,12-15H2,1-2H3/t18?,21-/m1/s1. The van der Waals surface area contributed by atoms with Crippen molar-refractivity contribution >= 4 is 33.5 Å². The zero-order chi connectivity index (χ0) is 22.1. The second-order valence-corrected chi connectivity index (χ2v) is 9.75.